The van der Waals surface area contributed by atoms with Crippen molar-refractivity contribution in [2.24, 2.45) is 11.8 Å². The molecule has 0 spiro atoms. The predicted octanol–water partition coefficient (Wildman–Crippen LogP) is 6.78. The largest absolute Gasteiger partial charge is 0.409 e. The molecule has 0 saturated carbocycles. The van der Waals surface area contributed by atoms with Crippen LogP contribution in [0, 0.1) is 11.8 Å². The Bertz CT molecular complexity index is 563. The third-order valence-corrected chi connectivity index (χ3v) is 12.2. The highest BCUT2D eigenvalue weighted by Crippen LogP contribution is 2.48. The van der Waals surface area contributed by atoms with Gasteiger partial charge in [0.25, 0.3) is 0 Å². The van der Waals surface area contributed by atoms with Crippen molar-refractivity contribution in [3.8, 4) is 0 Å². The van der Waals surface area contributed by atoms with Crippen molar-refractivity contribution in [1.29, 1.82) is 0 Å². The lowest BCUT2D eigenvalue weighted by atomic mass is 9.91. The lowest BCUT2D eigenvalue weighted by Gasteiger charge is -2.41. The van der Waals surface area contributed by atoms with E-state index >= 15 is 0 Å². The zero-order valence-corrected chi connectivity index (χ0v) is 22.6. The molecule has 8 heteroatoms. The Kier molecular flexibility index (Phi) is 11.7. The highest BCUT2D eigenvalue weighted by molar-refractivity contribution is 9.11. The minimum Gasteiger partial charge on any atom is -0.409 e. The van der Waals surface area contributed by atoms with Gasteiger partial charge in [0.15, 0.2) is 8.32 Å². The summed E-state index contributed by atoms with van der Waals surface area (Å²) < 4.78 is 30.5. The smallest absolute Gasteiger partial charge is 0.338 e. The van der Waals surface area contributed by atoms with Crippen LogP contribution in [0.15, 0.2) is 11.1 Å². The van der Waals surface area contributed by atoms with Crippen LogP contribution in [-0.4, -0.2) is 39.6 Å². The lowest BCUT2D eigenvalue weighted by Crippen LogP contribution is -2.45. The van der Waals surface area contributed by atoms with Crippen LogP contribution in [0.2, 0.25) is 18.1 Å². The second-order valence-corrected chi connectivity index (χ2v) is 16.8. The van der Waals surface area contributed by atoms with Crippen molar-refractivity contribution >= 4 is 37.6 Å². The standard InChI is InChI=1S/C20H40BrO5PSi/c1-11-24-27(23,25-12-2)14-18(22)15(3)13-16(4)19(17(5)21)26-28(9,10)20(6,7)8/h15-16,19H,5,11-14H2,1-4,6-10H3/t15-,16+,19+/m1/s1. The van der Waals surface area contributed by atoms with Gasteiger partial charge >= 0.3 is 7.60 Å². The van der Waals surface area contributed by atoms with Gasteiger partial charge in [0.1, 0.15) is 11.9 Å². The van der Waals surface area contributed by atoms with E-state index < -0.39 is 15.9 Å². The summed E-state index contributed by atoms with van der Waals surface area (Å²) in [4.78, 5) is 12.7. The number of halogens is 1. The van der Waals surface area contributed by atoms with Crippen LogP contribution >= 0.6 is 23.5 Å². The zero-order chi connectivity index (χ0) is 22.3. The molecule has 0 fully saturated rings. The molecule has 0 aliphatic carbocycles. The summed E-state index contributed by atoms with van der Waals surface area (Å²) in [5, 5.41) is 0.0798. The molecular formula is C20H40BrO5PSi. The number of ketones is 1. The van der Waals surface area contributed by atoms with Gasteiger partial charge in [-0.05, 0) is 44.3 Å². The van der Waals surface area contributed by atoms with E-state index in [1.165, 1.54) is 0 Å². The Morgan fingerprint density at radius 1 is 1.14 bits per heavy atom. The first-order valence-corrected chi connectivity index (χ1v) is 15.5. The van der Waals surface area contributed by atoms with Crippen molar-refractivity contribution in [3.05, 3.63) is 11.1 Å². The molecule has 0 aliphatic heterocycles. The van der Waals surface area contributed by atoms with Crippen LogP contribution < -0.4 is 0 Å². The molecule has 3 atom stereocenters. The molecule has 0 rings (SSSR count). The van der Waals surface area contributed by atoms with Crippen molar-refractivity contribution in [3.63, 3.8) is 0 Å². The first kappa shape index (κ1) is 28.2. The number of rotatable bonds is 13. The average molecular weight is 499 g/mol. The Morgan fingerprint density at radius 3 is 1.96 bits per heavy atom. The second-order valence-electron chi connectivity index (χ2n) is 8.93. The fourth-order valence-corrected chi connectivity index (χ4v) is 6.48. The van der Waals surface area contributed by atoms with Gasteiger partial charge in [-0.3, -0.25) is 9.36 Å². The van der Waals surface area contributed by atoms with Gasteiger partial charge in [-0.2, -0.15) is 0 Å². The normalized spacial score (nSPS) is 16.5. The molecule has 0 unspecified atom stereocenters. The first-order chi connectivity index (χ1) is 12.6. The molecule has 0 bridgehead atoms. The molecule has 0 aromatic rings. The van der Waals surface area contributed by atoms with E-state index in [0.717, 1.165) is 4.48 Å². The maximum absolute atomic E-state index is 12.7. The predicted molar refractivity (Wildman–Crippen MR) is 124 cm³/mol. The maximum Gasteiger partial charge on any atom is 0.338 e. The number of Topliss-reactive ketones (excluding diaryl/α,β-unsaturated/α-hetero) is 1. The summed E-state index contributed by atoms with van der Waals surface area (Å²) >= 11 is 3.51. The lowest BCUT2D eigenvalue weighted by molar-refractivity contribution is -0.120. The van der Waals surface area contributed by atoms with Gasteiger partial charge in [0.05, 0.1) is 19.3 Å². The third-order valence-electron chi connectivity index (χ3n) is 5.33. The molecule has 0 aromatic carbocycles. The van der Waals surface area contributed by atoms with Crippen LogP contribution in [0.3, 0.4) is 0 Å². The summed E-state index contributed by atoms with van der Waals surface area (Å²) in [5.74, 6) is -0.302. The summed E-state index contributed by atoms with van der Waals surface area (Å²) in [6, 6.07) is 0. The Balaban J connectivity index is 5.17. The molecule has 28 heavy (non-hydrogen) atoms. The molecule has 0 radical (unpaired) electrons. The molecular weight excluding hydrogens is 459 g/mol. The number of hydrogen-bond acceptors (Lipinski definition) is 5. The fraction of sp³-hybridized carbons (Fsp3) is 0.850. The summed E-state index contributed by atoms with van der Waals surface area (Å²) in [6.07, 6.45) is 0.244. The maximum atomic E-state index is 12.7. The van der Waals surface area contributed by atoms with Crippen molar-refractivity contribution in [2.45, 2.75) is 79.1 Å². The third kappa shape index (κ3) is 8.93. The van der Waals surface area contributed by atoms with E-state index in [9.17, 15) is 9.36 Å². The average Bonchev–Trinajstić information content (AvgIpc) is 2.51. The summed E-state index contributed by atoms with van der Waals surface area (Å²) in [5.41, 5.74) is 0. The topological polar surface area (TPSA) is 61.8 Å². The molecule has 0 amide bonds. The monoisotopic (exact) mass is 498 g/mol. The van der Waals surface area contributed by atoms with Gasteiger partial charge in [-0.15, -0.1) is 0 Å². The Hall–Kier alpha value is 0.217. The van der Waals surface area contributed by atoms with Crippen LogP contribution in [0.25, 0.3) is 0 Å². The van der Waals surface area contributed by atoms with E-state index in [1.54, 1.807) is 13.8 Å². The molecule has 0 saturated heterocycles. The second kappa shape index (κ2) is 11.6. The number of carbonyl (C=O) groups excluding carboxylic acids is 1. The minimum atomic E-state index is -3.37. The van der Waals surface area contributed by atoms with E-state index in [-0.39, 0.29) is 48.1 Å². The van der Waals surface area contributed by atoms with Gasteiger partial charge in [0.2, 0.25) is 0 Å². The van der Waals surface area contributed by atoms with E-state index in [0.29, 0.717) is 6.42 Å². The highest BCUT2D eigenvalue weighted by Gasteiger charge is 2.41. The number of carbonyl (C=O) groups is 1. The molecule has 166 valence electrons. The first-order valence-electron chi connectivity index (χ1n) is 10.0. The van der Waals surface area contributed by atoms with E-state index in [4.69, 9.17) is 13.5 Å². The molecule has 0 N–H and O–H groups in total. The van der Waals surface area contributed by atoms with Crippen molar-refractivity contribution < 1.29 is 22.8 Å². The van der Waals surface area contributed by atoms with Gasteiger partial charge < -0.3 is 13.5 Å². The fourth-order valence-electron chi connectivity index (χ4n) is 2.66. The van der Waals surface area contributed by atoms with Crippen molar-refractivity contribution in [1.82, 2.24) is 0 Å². The number of hydrogen-bond donors (Lipinski definition) is 0. The molecule has 0 heterocycles. The quantitative estimate of drug-likeness (QED) is 0.206. The van der Waals surface area contributed by atoms with Gasteiger partial charge in [-0.1, -0.05) is 57.1 Å². The molecule has 0 aromatic heterocycles. The van der Waals surface area contributed by atoms with Crippen molar-refractivity contribution in [2.75, 3.05) is 19.4 Å². The Morgan fingerprint density at radius 2 is 1.61 bits per heavy atom. The zero-order valence-electron chi connectivity index (χ0n) is 19.1. The van der Waals surface area contributed by atoms with Crippen LogP contribution in [0.4, 0.5) is 0 Å². The summed E-state index contributed by atoms with van der Waals surface area (Å²) in [6.45, 7) is 23.0. The van der Waals surface area contributed by atoms with Gasteiger partial charge in [-0.25, -0.2) is 0 Å². The van der Waals surface area contributed by atoms with Crippen LogP contribution in [0.1, 0.15) is 54.9 Å². The van der Waals surface area contributed by atoms with Crippen LogP contribution in [0.5, 0.6) is 0 Å². The van der Waals surface area contributed by atoms with Gasteiger partial charge in [0, 0.05) is 10.4 Å². The Labute approximate surface area is 181 Å². The highest BCUT2D eigenvalue weighted by atomic mass is 79.9. The molecule has 0 aliphatic rings. The molecule has 5 nitrogen and oxygen atoms in total. The van der Waals surface area contributed by atoms with Crippen LogP contribution in [-0.2, 0) is 22.8 Å². The van der Waals surface area contributed by atoms with E-state index in [1.807, 2.05) is 6.92 Å². The minimum absolute atomic E-state index is 0.0798. The SMILES string of the molecule is C=C(Br)[C@@H](O[Si](C)(C)C(C)(C)C)[C@@H](C)C[C@@H](C)C(=O)CP(=O)(OCC)OCC. The summed E-state index contributed by atoms with van der Waals surface area (Å²) in [7, 11) is -5.36. The van der Waals surface area contributed by atoms with E-state index in [2.05, 4.69) is 63.3 Å².